The summed E-state index contributed by atoms with van der Waals surface area (Å²) in [5, 5.41) is 2.91. The number of carbonyl (C=O) groups excluding carboxylic acids is 2. The minimum absolute atomic E-state index is 0.00615. The molecule has 1 saturated heterocycles. The summed E-state index contributed by atoms with van der Waals surface area (Å²) in [5.74, 6) is 1.04. The van der Waals surface area contributed by atoms with Crippen molar-refractivity contribution in [3.05, 3.63) is 48.2 Å². The van der Waals surface area contributed by atoms with Crippen LogP contribution in [0.2, 0.25) is 0 Å². The number of hydrogen-bond acceptors (Lipinski definition) is 4. The number of benzene rings is 1. The molecule has 2 aliphatic heterocycles. The minimum Gasteiger partial charge on any atom is -0.343 e. The van der Waals surface area contributed by atoms with Gasteiger partial charge >= 0.3 is 0 Å². The van der Waals surface area contributed by atoms with E-state index in [0.717, 1.165) is 43.0 Å². The van der Waals surface area contributed by atoms with Gasteiger partial charge in [-0.05, 0) is 55.0 Å². The first-order valence-corrected chi connectivity index (χ1v) is 9.97. The first-order valence-electron chi connectivity index (χ1n) is 9.97. The number of amides is 2. The van der Waals surface area contributed by atoms with E-state index in [9.17, 15) is 9.59 Å². The lowest BCUT2D eigenvalue weighted by Crippen LogP contribution is -2.57. The maximum atomic E-state index is 13.1. The van der Waals surface area contributed by atoms with E-state index in [1.54, 1.807) is 11.1 Å². The number of nitrogens with zero attached hydrogens (tertiary/aromatic N) is 3. The highest BCUT2D eigenvalue weighted by Gasteiger charge is 2.40. The summed E-state index contributed by atoms with van der Waals surface area (Å²) >= 11 is 0. The average molecular weight is 378 g/mol. The first kappa shape index (κ1) is 18.5. The lowest BCUT2D eigenvalue weighted by atomic mass is 9.98. The van der Waals surface area contributed by atoms with Gasteiger partial charge in [0.2, 0.25) is 11.8 Å². The third-order valence-corrected chi connectivity index (χ3v) is 5.55. The van der Waals surface area contributed by atoms with Crippen LogP contribution in [0.5, 0.6) is 0 Å². The molecule has 1 aromatic heterocycles. The Hall–Kier alpha value is -2.89. The molecule has 1 atom stereocenters. The summed E-state index contributed by atoms with van der Waals surface area (Å²) in [5.41, 5.74) is 2.68. The maximum absolute atomic E-state index is 13.1. The number of anilines is 3. The van der Waals surface area contributed by atoms with Crippen LogP contribution in [0.3, 0.4) is 0 Å². The second-order valence-corrected chi connectivity index (χ2v) is 7.80. The number of hydrogen-bond donors (Lipinski definition) is 1. The van der Waals surface area contributed by atoms with Gasteiger partial charge in [-0.1, -0.05) is 26.0 Å². The highest BCUT2D eigenvalue weighted by atomic mass is 16.2. The highest BCUT2D eigenvalue weighted by molar-refractivity contribution is 6.09. The number of aromatic nitrogens is 1. The van der Waals surface area contributed by atoms with Crippen molar-refractivity contribution >= 4 is 29.0 Å². The molecule has 2 amide bonds. The minimum atomic E-state index is -0.214. The van der Waals surface area contributed by atoms with Gasteiger partial charge in [-0.25, -0.2) is 4.98 Å². The van der Waals surface area contributed by atoms with E-state index in [0.29, 0.717) is 5.92 Å². The van der Waals surface area contributed by atoms with Crippen LogP contribution in [-0.4, -0.2) is 35.9 Å². The van der Waals surface area contributed by atoms with Crippen LogP contribution in [0.15, 0.2) is 42.6 Å². The molecular weight excluding hydrogens is 352 g/mol. The summed E-state index contributed by atoms with van der Waals surface area (Å²) in [7, 11) is 0. The van der Waals surface area contributed by atoms with Crippen LogP contribution in [0.4, 0.5) is 17.2 Å². The molecule has 0 radical (unpaired) electrons. The molecule has 6 nitrogen and oxygen atoms in total. The van der Waals surface area contributed by atoms with Crippen molar-refractivity contribution < 1.29 is 9.59 Å². The van der Waals surface area contributed by atoms with Gasteiger partial charge in [0.05, 0.1) is 5.69 Å². The Morgan fingerprint density at radius 1 is 1.21 bits per heavy atom. The summed E-state index contributed by atoms with van der Waals surface area (Å²) in [6.07, 6.45) is 4.64. The van der Waals surface area contributed by atoms with Gasteiger partial charge in [0.25, 0.3) is 0 Å². The Kier molecular flexibility index (Phi) is 5.03. The monoisotopic (exact) mass is 378 g/mol. The molecular formula is C22H26N4O2. The predicted octanol–water partition coefficient (Wildman–Crippen LogP) is 3.55. The van der Waals surface area contributed by atoms with Gasteiger partial charge in [0, 0.05) is 18.4 Å². The zero-order valence-electron chi connectivity index (χ0n) is 16.4. The van der Waals surface area contributed by atoms with E-state index in [4.69, 9.17) is 0 Å². The molecule has 0 aliphatic carbocycles. The Morgan fingerprint density at radius 2 is 2.00 bits per heavy atom. The quantitative estimate of drug-likeness (QED) is 0.884. The normalized spacial score (nSPS) is 18.7. The van der Waals surface area contributed by atoms with Crippen molar-refractivity contribution in [2.75, 3.05) is 28.2 Å². The molecule has 3 heterocycles. The van der Waals surface area contributed by atoms with Crippen LogP contribution in [-0.2, 0) is 9.59 Å². The Balaban J connectivity index is 1.53. The molecule has 6 heteroatoms. The summed E-state index contributed by atoms with van der Waals surface area (Å²) in [6, 6.07) is 11.3. The second-order valence-electron chi connectivity index (χ2n) is 7.80. The van der Waals surface area contributed by atoms with E-state index in [1.165, 1.54) is 5.56 Å². The molecule has 1 fully saturated rings. The van der Waals surface area contributed by atoms with Crippen LogP contribution in [0, 0.1) is 0 Å². The largest absolute Gasteiger partial charge is 0.343 e. The second kappa shape index (κ2) is 7.62. The standard InChI is InChI=1S/C22H26N4O2/c1-15(2)16-8-10-17(11-9-16)24-20(27)14-26-18-7-5-12-23-21(18)25-13-4-3-6-19(25)22(26)28/h5,7-12,15,19H,3-4,6,13-14H2,1-2H3,(H,24,27). The number of pyridine rings is 1. The lowest BCUT2D eigenvalue weighted by molar-refractivity contribution is -0.123. The fourth-order valence-corrected chi connectivity index (χ4v) is 4.02. The van der Waals surface area contributed by atoms with Crippen LogP contribution >= 0.6 is 0 Å². The molecule has 2 aliphatic rings. The van der Waals surface area contributed by atoms with Crippen LogP contribution in [0.25, 0.3) is 0 Å². The van der Waals surface area contributed by atoms with Crippen molar-refractivity contribution in [1.29, 1.82) is 0 Å². The molecule has 1 unspecified atom stereocenters. The third-order valence-electron chi connectivity index (χ3n) is 5.55. The zero-order chi connectivity index (χ0) is 19.7. The van der Waals surface area contributed by atoms with Gasteiger partial charge in [-0.15, -0.1) is 0 Å². The van der Waals surface area contributed by atoms with Crippen molar-refractivity contribution in [2.24, 2.45) is 0 Å². The maximum Gasteiger partial charge on any atom is 0.250 e. The van der Waals surface area contributed by atoms with Gasteiger partial charge in [0.15, 0.2) is 5.82 Å². The van der Waals surface area contributed by atoms with E-state index in [1.807, 2.05) is 36.4 Å². The predicted molar refractivity (Wildman–Crippen MR) is 111 cm³/mol. The molecule has 2 aromatic rings. The molecule has 1 aromatic carbocycles. The smallest absolute Gasteiger partial charge is 0.250 e. The van der Waals surface area contributed by atoms with Crippen LogP contribution < -0.4 is 15.1 Å². The fraction of sp³-hybridized carbons (Fsp3) is 0.409. The molecule has 0 saturated carbocycles. The van der Waals surface area contributed by atoms with Gasteiger partial charge in [-0.2, -0.15) is 0 Å². The molecule has 1 N–H and O–H groups in total. The number of rotatable bonds is 4. The number of fused-ring (bicyclic) bond motifs is 3. The van der Waals surface area contributed by atoms with E-state index >= 15 is 0 Å². The Morgan fingerprint density at radius 3 is 2.75 bits per heavy atom. The molecule has 0 spiro atoms. The van der Waals surface area contributed by atoms with Gasteiger partial charge in [-0.3, -0.25) is 14.5 Å². The van der Waals surface area contributed by atoms with E-state index in [2.05, 4.69) is 29.0 Å². The van der Waals surface area contributed by atoms with E-state index < -0.39 is 0 Å². The highest BCUT2D eigenvalue weighted by Crippen LogP contribution is 2.37. The molecule has 4 rings (SSSR count). The third kappa shape index (κ3) is 3.46. The number of nitrogens with one attached hydrogen (secondary N) is 1. The average Bonchev–Trinajstić information content (AvgIpc) is 2.71. The summed E-state index contributed by atoms with van der Waals surface area (Å²) in [6.45, 7) is 5.10. The van der Waals surface area contributed by atoms with Crippen LogP contribution in [0.1, 0.15) is 44.6 Å². The summed E-state index contributed by atoms with van der Waals surface area (Å²) in [4.78, 5) is 34.0. The molecule has 146 valence electrons. The Bertz CT molecular complexity index is 878. The van der Waals surface area contributed by atoms with Crippen molar-refractivity contribution in [1.82, 2.24) is 4.98 Å². The number of piperidine rings is 1. The van der Waals surface area contributed by atoms with E-state index in [-0.39, 0.29) is 24.4 Å². The SMILES string of the molecule is CC(C)c1ccc(NC(=O)CN2C(=O)C3CCCCN3c3ncccc32)cc1. The zero-order valence-corrected chi connectivity index (χ0v) is 16.4. The Labute approximate surface area is 165 Å². The number of carbonyl (C=O) groups is 2. The van der Waals surface area contributed by atoms with Crippen molar-refractivity contribution in [3.8, 4) is 0 Å². The lowest BCUT2D eigenvalue weighted by Gasteiger charge is -2.44. The first-order chi connectivity index (χ1) is 13.5. The van der Waals surface area contributed by atoms with Crippen molar-refractivity contribution in [2.45, 2.75) is 45.1 Å². The van der Waals surface area contributed by atoms with Gasteiger partial charge < -0.3 is 10.2 Å². The molecule has 0 bridgehead atoms. The summed E-state index contributed by atoms with van der Waals surface area (Å²) < 4.78 is 0. The fourth-order valence-electron chi connectivity index (χ4n) is 4.02. The van der Waals surface area contributed by atoms with Crippen molar-refractivity contribution in [3.63, 3.8) is 0 Å². The van der Waals surface area contributed by atoms with Gasteiger partial charge in [0.1, 0.15) is 12.6 Å². The molecule has 28 heavy (non-hydrogen) atoms. The topological polar surface area (TPSA) is 65.5 Å².